The summed E-state index contributed by atoms with van der Waals surface area (Å²) in [5, 5.41) is 3.77. The van der Waals surface area contributed by atoms with Crippen LogP contribution in [0.25, 0.3) is 11.8 Å². The number of nitrogens with zero attached hydrogens (tertiary/aromatic N) is 1. The summed E-state index contributed by atoms with van der Waals surface area (Å²) in [5.41, 5.74) is 6.27. The SMILES string of the molecule is C=C(NOCc1ccccc1C(=NOC)C(=O)OC)c1cccc(C=C(Cl)Cl)c1. The van der Waals surface area contributed by atoms with Gasteiger partial charge >= 0.3 is 5.97 Å². The summed E-state index contributed by atoms with van der Waals surface area (Å²) in [4.78, 5) is 22.3. The Morgan fingerprint density at radius 2 is 1.93 bits per heavy atom. The Labute approximate surface area is 179 Å². The topological polar surface area (TPSA) is 69.1 Å². The minimum Gasteiger partial charge on any atom is -0.464 e. The third-order valence-corrected chi connectivity index (χ3v) is 3.99. The largest absolute Gasteiger partial charge is 0.464 e. The van der Waals surface area contributed by atoms with E-state index >= 15 is 0 Å². The summed E-state index contributed by atoms with van der Waals surface area (Å²) < 4.78 is 4.93. The Morgan fingerprint density at radius 1 is 1.17 bits per heavy atom. The van der Waals surface area contributed by atoms with Crippen molar-refractivity contribution in [2.24, 2.45) is 5.16 Å². The van der Waals surface area contributed by atoms with Gasteiger partial charge in [0.25, 0.3) is 0 Å². The highest BCUT2D eigenvalue weighted by Crippen LogP contribution is 2.18. The van der Waals surface area contributed by atoms with E-state index in [-0.39, 0.29) is 16.8 Å². The Morgan fingerprint density at radius 3 is 2.62 bits per heavy atom. The molecule has 0 aromatic heterocycles. The molecule has 0 aliphatic rings. The van der Waals surface area contributed by atoms with Crippen molar-refractivity contribution < 1.29 is 19.2 Å². The van der Waals surface area contributed by atoms with Gasteiger partial charge < -0.3 is 9.57 Å². The number of nitrogens with one attached hydrogen (secondary N) is 1. The van der Waals surface area contributed by atoms with Crippen LogP contribution in [0.2, 0.25) is 0 Å². The normalized spacial score (nSPS) is 10.8. The van der Waals surface area contributed by atoms with Crippen LogP contribution in [0.5, 0.6) is 0 Å². The van der Waals surface area contributed by atoms with Gasteiger partial charge in [0.05, 0.1) is 12.8 Å². The molecule has 152 valence electrons. The number of oxime groups is 1. The Kier molecular flexibility index (Phi) is 8.73. The molecular weight excluding hydrogens is 415 g/mol. The average Bonchev–Trinajstić information content (AvgIpc) is 2.71. The number of benzene rings is 2. The van der Waals surface area contributed by atoms with Gasteiger partial charge in [-0.25, -0.2) is 4.79 Å². The fourth-order valence-corrected chi connectivity index (χ4v) is 2.72. The lowest BCUT2D eigenvalue weighted by Crippen LogP contribution is -2.20. The standard InChI is InChI=1S/C21H20Cl2N2O4/c1-14(16-9-6-7-15(11-16)12-19(22)23)24-29-13-17-8-4-5-10-18(17)20(25-28-3)21(26)27-2/h4-12,24H,1,13H2,2-3H3. The molecule has 0 spiro atoms. The molecule has 2 rings (SSSR count). The number of hydroxylamine groups is 1. The first-order chi connectivity index (χ1) is 14.0. The zero-order valence-electron chi connectivity index (χ0n) is 15.9. The molecule has 8 heteroatoms. The number of ether oxygens (including phenoxy) is 1. The molecule has 2 aromatic carbocycles. The first-order valence-electron chi connectivity index (χ1n) is 8.43. The highest BCUT2D eigenvalue weighted by molar-refractivity contribution is 6.57. The maximum Gasteiger partial charge on any atom is 0.360 e. The van der Waals surface area contributed by atoms with Gasteiger partial charge in [-0.1, -0.05) is 77.4 Å². The van der Waals surface area contributed by atoms with E-state index in [2.05, 4.69) is 17.2 Å². The predicted octanol–water partition coefficient (Wildman–Crippen LogP) is 4.68. The van der Waals surface area contributed by atoms with Crippen LogP contribution in [0.15, 0.2) is 64.8 Å². The van der Waals surface area contributed by atoms with Crippen LogP contribution >= 0.6 is 23.2 Å². The van der Waals surface area contributed by atoms with Crippen molar-refractivity contribution >= 4 is 46.7 Å². The zero-order valence-corrected chi connectivity index (χ0v) is 17.5. The molecule has 6 nitrogen and oxygen atoms in total. The number of rotatable bonds is 9. The van der Waals surface area contributed by atoms with Gasteiger partial charge in [0.15, 0.2) is 5.71 Å². The van der Waals surface area contributed by atoms with E-state index in [1.807, 2.05) is 36.4 Å². The van der Waals surface area contributed by atoms with Crippen molar-refractivity contribution in [3.63, 3.8) is 0 Å². The summed E-state index contributed by atoms with van der Waals surface area (Å²) in [6, 6.07) is 14.6. The first kappa shape index (κ1) is 22.5. The summed E-state index contributed by atoms with van der Waals surface area (Å²) in [6.45, 7) is 4.11. The molecule has 0 saturated carbocycles. The quantitative estimate of drug-likeness (QED) is 0.352. The van der Waals surface area contributed by atoms with Gasteiger partial charge in [-0.15, -0.1) is 0 Å². The highest BCUT2D eigenvalue weighted by atomic mass is 35.5. The molecule has 2 aromatic rings. The zero-order chi connectivity index (χ0) is 21.2. The van der Waals surface area contributed by atoms with E-state index < -0.39 is 5.97 Å². The molecular formula is C21H20Cl2N2O4. The van der Waals surface area contributed by atoms with Crippen molar-refractivity contribution in [1.82, 2.24) is 5.48 Å². The maximum absolute atomic E-state index is 12.0. The van der Waals surface area contributed by atoms with Gasteiger partial charge in [-0.05, 0) is 28.8 Å². The lowest BCUT2D eigenvalue weighted by molar-refractivity contribution is -0.132. The van der Waals surface area contributed by atoms with E-state index in [1.165, 1.54) is 14.2 Å². The lowest BCUT2D eigenvalue weighted by Gasteiger charge is -2.13. The van der Waals surface area contributed by atoms with Crippen LogP contribution in [0.4, 0.5) is 0 Å². The van der Waals surface area contributed by atoms with Crippen LogP contribution in [0.3, 0.4) is 0 Å². The average molecular weight is 435 g/mol. The molecule has 1 N–H and O–H groups in total. The number of hydrogen-bond acceptors (Lipinski definition) is 6. The number of methoxy groups -OCH3 is 1. The number of carbonyl (C=O) groups is 1. The van der Waals surface area contributed by atoms with Gasteiger partial charge in [0.1, 0.15) is 18.2 Å². The molecule has 0 radical (unpaired) electrons. The molecule has 29 heavy (non-hydrogen) atoms. The number of hydrogen-bond donors (Lipinski definition) is 1. The van der Waals surface area contributed by atoms with Crippen molar-refractivity contribution in [2.45, 2.75) is 6.61 Å². The fourth-order valence-electron chi connectivity index (χ4n) is 2.46. The smallest absolute Gasteiger partial charge is 0.360 e. The number of esters is 1. The van der Waals surface area contributed by atoms with Crippen LogP contribution in [0, 0.1) is 0 Å². The second-order valence-electron chi connectivity index (χ2n) is 5.70. The Balaban J connectivity index is 2.10. The Bertz CT molecular complexity index is 938. The van der Waals surface area contributed by atoms with Crippen LogP contribution in [-0.4, -0.2) is 25.9 Å². The van der Waals surface area contributed by atoms with Crippen molar-refractivity contribution in [2.75, 3.05) is 14.2 Å². The van der Waals surface area contributed by atoms with Crippen LogP contribution in [-0.2, 0) is 25.8 Å². The van der Waals surface area contributed by atoms with E-state index in [1.54, 1.807) is 18.2 Å². The van der Waals surface area contributed by atoms with E-state index in [0.29, 0.717) is 16.8 Å². The van der Waals surface area contributed by atoms with Gasteiger partial charge in [-0.3, -0.25) is 10.3 Å². The van der Waals surface area contributed by atoms with E-state index in [0.717, 1.165) is 11.1 Å². The fraction of sp³-hybridized carbons (Fsp3) is 0.143. The summed E-state index contributed by atoms with van der Waals surface area (Å²) >= 11 is 11.4. The van der Waals surface area contributed by atoms with E-state index in [4.69, 9.17) is 37.6 Å². The molecule has 0 fully saturated rings. The van der Waals surface area contributed by atoms with Gasteiger partial charge in [0, 0.05) is 5.56 Å². The predicted molar refractivity (Wildman–Crippen MR) is 115 cm³/mol. The third-order valence-electron chi connectivity index (χ3n) is 3.77. The molecule has 0 aliphatic heterocycles. The minimum absolute atomic E-state index is 0.0467. The van der Waals surface area contributed by atoms with E-state index in [9.17, 15) is 4.79 Å². The Hall–Kier alpha value is -2.80. The summed E-state index contributed by atoms with van der Waals surface area (Å²) in [5.74, 6) is -0.612. The van der Waals surface area contributed by atoms with Crippen molar-refractivity contribution in [1.29, 1.82) is 0 Å². The minimum atomic E-state index is -0.612. The second-order valence-corrected chi connectivity index (χ2v) is 6.71. The molecule has 0 saturated heterocycles. The highest BCUT2D eigenvalue weighted by Gasteiger charge is 2.19. The molecule has 0 bridgehead atoms. The molecule has 0 aliphatic carbocycles. The first-order valence-corrected chi connectivity index (χ1v) is 9.19. The molecule has 0 heterocycles. The summed E-state index contributed by atoms with van der Waals surface area (Å²) in [7, 11) is 2.63. The monoisotopic (exact) mass is 434 g/mol. The molecule has 0 amide bonds. The molecule has 0 atom stereocenters. The van der Waals surface area contributed by atoms with Crippen molar-refractivity contribution in [3.05, 3.63) is 81.9 Å². The van der Waals surface area contributed by atoms with Crippen LogP contribution in [0.1, 0.15) is 22.3 Å². The van der Waals surface area contributed by atoms with Crippen LogP contribution < -0.4 is 5.48 Å². The second kappa shape index (κ2) is 11.3. The lowest BCUT2D eigenvalue weighted by atomic mass is 10.0. The van der Waals surface area contributed by atoms with Gasteiger partial charge in [-0.2, -0.15) is 0 Å². The van der Waals surface area contributed by atoms with Gasteiger partial charge in [0.2, 0.25) is 0 Å². The van der Waals surface area contributed by atoms with Crippen molar-refractivity contribution in [3.8, 4) is 0 Å². The summed E-state index contributed by atoms with van der Waals surface area (Å²) in [6.07, 6.45) is 1.63. The third kappa shape index (κ3) is 6.64. The molecule has 0 unspecified atom stereocenters. The maximum atomic E-state index is 12.0. The number of halogens is 2. The number of carbonyl (C=O) groups excluding carboxylic acids is 1.